The minimum atomic E-state index is 0.605. The van der Waals surface area contributed by atoms with E-state index in [2.05, 4.69) is 55.4 Å². The zero-order chi connectivity index (χ0) is 16.9. The fourth-order valence-corrected chi connectivity index (χ4v) is 4.27. The van der Waals surface area contributed by atoms with E-state index in [0.29, 0.717) is 11.8 Å². The zero-order valence-corrected chi connectivity index (χ0v) is 15.6. The Balaban J connectivity index is 1.91. The topological polar surface area (TPSA) is 3.24 Å². The van der Waals surface area contributed by atoms with E-state index < -0.39 is 0 Å². The lowest BCUT2D eigenvalue weighted by Gasteiger charge is -2.28. The van der Waals surface area contributed by atoms with Gasteiger partial charge in [-0.3, -0.25) is 0 Å². The normalized spacial score (nSPS) is 20.7. The molecule has 3 rings (SSSR count). The number of hydrogen-bond acceptors (Lipinski definition) is 1. The number of aryl methyl sites for hydroxylation is 1. The van der Waals surface area contributed by atoms with Gasteiger partial charge in [-0.25, -0.2) is 0 Å². The zero-order valence-electron chi connectivity index (χ0n) is 14.8. The van der Waals surface area contributed by atoms with Crippen LogP contribution in [0.4, 0.5) is 0 Å². The first-order valence-corrected chi connectivity index (χ1v) is 9.51. The van der Waals surface area contributed by atoms with Gasteiger partial charge < -0.3 is 4.90 Å². The lowest BCUT2D eigenvalue weighted by atomic mass is 9.77. The van der Waals surface area contributed by atoms with Crippen LogP contribution in [-0.4, -0.2) is 25.5 Å². The average molecular weight is 342 g/mol. The van der Waals surface area contributed by atoms with E-state index in [1.165, 1.54) is 37.7 Å². The summed E-state index contributed by atoms with van der Waals surface area (Å²) in [4.78, 5) is 2.29. The number of hydrogen-bond donors (Lipinski definition) is 0. The molecule has 0 heterocycles. The Bertz CT molecular complexity index is 647. The maximum absolute atomic E-state index is 6.11. The molecule has 2 heteroatoms. The molecule has 0 fully saturated rings. The first-order valence-electron chi connectivity index (χ1n) is 9.13. The van der Waals surface area contributed by atoms with Crippen LogP contribution in [0, 0.1) is 0 Å². The van der Waals surface area contributed by atoms with E-state index in [1.807, 2.05) is 12.1 Å². The fourth-order valence-electron chi connectivity index (χ4n) is 4.15. The monoisotopic (exact) mass is 341 g/mol. The Morgan fingerprint density at radius 1 is 1.04 bits per heavy atom. The highest BCUT2D eigenvalue weighted by atomic mass is 35.5. The summed E-state index contributed by atoms with van der Waals surface area (Å²) < 4.78 is 0. The van der Waals surface area contributed by atoms with Crippen LogP contribution in [0.5, 0.6) is 0 Å². The van der Waals surface area contributed by atoms with E-state index >= 15 is 0 Å². The summed E-state index contributed by atoms with van der Waals surface area (Å²) in [6.45, 7) is 1.16. The summed E-state index contributed by atoms with van der Waals surface area (Å²) in [5.74, 6) is 1.22. The number of halogens is 1. The molecule has 0 spiro atoms. The van der Waals surface area contributed by atoms with Gasteiger partial charge in [0.1, 0.15) is 0 Å². The molecule has 0 bridgehead atoms. The summed E-state index contributed by atoms with van der Waals surface area (Å²) in [6, 6.07) is 17.7. The Kier molecular flexibility index (Phi) is 5.97. The third-order valence-corrected chi connectivity index (χ3v) is 5.57. The Morgan fingerprint density at radius 3 is 2.54 bits per heavy atom. The van der Waals surface area contributed by atoms with Gasteiger partial charge in [-0.2, -0.15) is 0 Å². The smallest absolute Gasteiger partial charge is 0.0406 e. The molecule has 0 N–H and O–H groups in total. The molecule has 128 valence electrons. The van der Waals surface area contributed by atoms with E-state index in [4.69, 9.17) is 11.6 Å². The van der Waals surface area contributed by atoms with Crippen molar-refractivity contribution in [1.82, 2.24) is 4.90 Å². The van der Waals surface area contributed by atoms with E-state index in [-0.39, 0.29) is 0 Å². The molecule has 2 aromatic rings. The van der Waals surface area contributed by atoms with Gasteiger partial charge in [-0.05, 0) is 93.4 Å². The summed E-state index contributed by atoms with van der Waals surface area (Å²) in [5, 5.41) is 0.830. The summed E-state index contributed by atoms with van der Waals surface area (Å²) >= 11 is 6.11. The van der Waals surface area contributed by atoms with Gasteiger partial charge in [0, 0.05) is 5.02 Å². The predicted octanol–water partition coefficient (Wildman–Crippen LogP) is 5.89. The number of benzene rings is 2. The molecule has 0 saturated carbocycles. The van der Waals surface area contributed by atoms with Crippen LogP contribution in [0.15, 0.2) is 48.5 Å². The summed E-state index contributed by atoms with van der Waals surface area (Å²) in [7, 11) is 4.33. The van der Waals surface area contributed by atoms with Gasteiger partial charge in [0.25, 0.3) is 0 Å². The van der Waals surface area contributed by atoms with Crippen LogP contribution < -0.4 is 0 Å². The molecule has 1 aliphatic carbocycles. The van der Waals surface area contributed by atoms with E-state index in [1.54, 1.807) is 11.1 Å². The molecule has 24 heavy (non-hydrogen) atoms. The molecule has 2 atom stereocenters. The number of nitrogens with zero attached hydrogens (tertiary/aromatic N) is 1. The maximum Gasteiger partial charge on any atom is 0.0406 e. The third-order valence-electron chi connectivity index (χ3n) is 5.32. The van der Waals surface area contributed by atoms with Crippen molar-refractivity contribution in [2.75, 3.05) is 20.6 Å². The molecule has 0 aliphatic heterocycles. The predicted molar refractivity (Wildman–Crippen MR) is 104 cm³/mol. The van der Waals surface area contributed by atoms with Crippen LogP contribution >= 0.6 is 11.6 Å². The number of fused-ring (bicyclic) bond motifs is 1. The molecule has 2 aromatic carbocycles. The highest BCUT2D eigenvalue weighted by Crippen LogP contribution is 2.43. The molecule has 0 aromatic heterocycles. The molecule has 0 radical (unpaired) electrons. The second-order valence-electron chi connectivity index (χ2n) is 7.30. The Hall–Kier alpha value is -1.31. The SMILES string of the molecule is CN(C)CCC[C@@H]1c2ccccc2CCC[C@@H]1c1ccc(Cl)cc1. The Labute approximate surface area is 151 Å². The summed E-state index contributed by atoms with van der Waals surface area (Å²) in [6.07, 6.45) is 6.25. The second kappa shape index (κ2) is 8.18. The first-order chi connectivity index (χ1) is 11.6. The molecular formula is C22H28ClN. The van der Waals surface area contributed by atoms with Crippen molar-refractivity contribution in [1.29, 1.82) is 0 Å². The van der Waals surface area contributed by atoms with Crippen LogP contribution in [0.25, 0.3) is 0 Å². The van der Waals surface area contributed by atoms with Crippen LogP contribution in [-0.2, 0) is 6.42 Å². The van der Waals surface area contributed by atoms with Gasteiger partial charge in [0.15, 0.2) is 0 Å². The van der Waals surface area contributed by atoms with Gasteiger partial charge in [0.2, 0.25) is 0 Å². The Morgan fingerprint density at radius 2 is 1.79 bits per heavy atom. The lowest BCUT2D eigenvalue weighted by molar-refractivity contribution is 0.371. The molecule has 0 amide bonds. The van der Waals surface area contributed by atoms with Gasteiger partial charge >= 0.3 is 0 Å². The van der Waals surface area contributed by atoms with Gasteiger partial charge in [0.05, 0.1) is 0 Å². The molecule has 0 saturated heterocycles. The minimum absolute atomic E-state index is 0.605. The van der Waals surface area contributed by atoms with Crippen molar-refractivity contribution in [2.24, 2.45) is 0 Å². The fraction of sp³-hybridized carbons (Fsp3) is 0.455. The second-order valence-corrected chi connectivity index (χ2v) is 7.74. The highest BCUT2D eigenvalue weighted by Gasteiger charge is 2.28. The van der Waals surface area contributed by atoms with Crippen molar-refractivity contribution in [3.05, 3.63) is 70.2 Å². The van der Waals surface area contributed by atoms with Crippen molar-refractivity contribution in [3.63, 3.8) is 0 Å². The minimum Gasteiger partial charge on any atom is -0.309 e. The first kappa shape index (κ1) is 17.5. The standard InChI is InChI=1S/C22H28ClN/c1-24(2)16-6-11-22-20-9-4-3-7-17(20)8-5-10-21(22)18-12-14-19(23)15-13-18/h3-4,7,9,12-15,21-22H,5-6,8,10-11,16H2,1-2H3/t21-,22-/m1/s1. The van der Waals surface area contributed by atoms with Crippen molar-refractivity contribution >= 4 is 11.6 Å². The van der Waals surface area contributed by atoms with Crippen LogP contribution in [0.2, 0.25) is 5.02 Å². The maximum atomic E-state index is 6.11. The third kappa shape index (κ3) is 4.20. The molecule has 1 aliphatic rings. The average Bonchev–Trinajstić information content (AvgIpc) is 2.75. The molecule has 0 unspecified atom stereocenters. The lowest BCUT2D eigenvalue weighted by Crippen LogP contribution is -2.16. The highest BCUT2D eigenvalue weighted by molar-refractivity contribution is 6.30. The van der Waals surface area contributed by atoms with Crippen LogP contribution in [0.3, 0.4) is 0 Å². The van der Waals surface area contributed by atoms with E-state index in [0.717, 1.165) is 11.6 Å². The molecule has 1 nitrogen and oxygen atoms in total. The van der Waals surface area contributed by atoms with Gasteiger partial charge in [-0.1, -0.05) is 48.0 Å². The van der Waals surface area contributed by atoms with Gasteiger partial charge in [-0.15, -0.1) is 0 Å². The quantitative estimate of drug-likeness (QED) is 0.613. The summed E-state index contributed by atoms with van der Waals surface area (Å²) in [5.41, 5.74) is 4.59. The largest absolute Gasteiger partial charge is 0.309 e. The van der Waals surface area contributed by atoms with E-state index in [9.17, 15) is 0 Å². The van der Waals surface area contributed by atoms with Crippen molar-refractivity contribution in [3.8, 4) is 0 Å². The number of rotatable bonds is 5. The molecular weight excluding hydrogens is 314 g/mol. The van der Waals surface area contributed by atoms with Crippen LogP contribution in [0.1, 0.15) is 54.2 Å². The van der Waals surface area contributed by atoms with Crippen molar-refractivity contribution in [2.45, 2.75) is 43.9 Å². The van der Waals surface area contributed by atoms with Crippen molar-refractivity contribution < 1.29 is 0 Å².